The lowest BCUT2D eigenvalue weighted by atomic mass is 9.97. The van der Waals surface area contributed by atoms with Gasteiger partial charge in [-0.25, -0.2) is 14.4 Å². The molecule has 1 aliphatic heterocycles. The molecule has 0 radical (unpaired) electrons. The Morgan fingerprint density at radius 1 is 1.05 bits per heavy atom. The first-order chi connectivity index (χ1) is 19.0. The van der Waals surface area contributed by atoms with Gasteiger partial charge in [-0.15, -0.1) is 0 Å². The topological polar surface area (TPSA) is 75.1 Å². The smallest absolute Gasteiger partial charge is 0.248 e. The number of hydrogen-bond donors (Lipinski definition) is 2. The van der Waals surface area contributed by atoms with E-state index in [-0.39, 0.29) is 17.8 Å². The van der Waals surface area contributed by atoms with Crippen molar-refractivity contribution in [3.8, 4) is 11.1 Å². The van der Waals surface area contributed by atoms with Crippen LogP contribution in [-0.2, 0) is 11.8 Å². The number of aromatic nitrogens is 3. The number of halogens is 1. The minimum absolute atomic E-state index is 0.212. The van der Waals surface area contributed by atoms with E-state index in [1.54, 1.807) is 24.3 Å². The predicted molar refractivity (Wildman–Crippen MR) is 155 cm³/mol. The van der Waals surface area contributed by atoms with E-state index >= 15 is 0 Å². The third kappa shape index (κ3) is 4.86. The van der Waals surface area contributed by atoms with Gasteiger partial charge in [-0.05, 0) is 73.8 Å². The van der Waals surface area contributed by atoms with Gasteiger partial charge in [0.2, 0.25) is 5.91 Å². The predicted octanol–water partition coefficient (Wildman–Crippen LogP) is 6.26. The van der Waals surface area contributed by atoms with Crippen LogP contribution in [0.15, 0.2) is 85.3 Å². The number of rotatable bonds is 6. The fourth-order valence-electron chi connectivity index (χ4n) is 5.31. The number of nitrogens with zero attached hydrogens (tertiary/aromatic N) is 4. The van der Waals surface area contributed by atoms with Gasteiger partial charge in [0, 0.05) is 42.1 Å². The minimum atomic E-state index is -0.387. The molecule has 3 heterocycles. The molecule has 7 nitrogen and oxygen atoms in total. The van der Waals surface area contributed by atoms with E-state index in [1.807, 2.05) is 37.5 Å². The minimum Gasteiger partial charge on any atom is -0.351 e. The maximum atomic E-state index is 14.6. The third-order valence-corrected chi connectivity index (χ3v) is 7.41. The monoisotopic (exact) mass is 520 g/mol. The zero-order valence-corrected chi connectivity index (χ0v) is 21.9. The first kappa shape index (κ1) is 24.8. The molecule has 0 aliphatic carbocycles. The SMILES string of the molecule is CN1CCCC1/C=C/C(=O)Nc1ccc2ncnc(Nc3ccccc3F)c2c1-c1ccc2ccn(C)c2c1. The van der Waals surface area contributed by atoms with Crippen molar-refractivity contribution >= 4 is 44.9 Å². The van der Waals surface area contributed by atoms with Crippen LogP contribution in [0.25, 0.3) is 32.9 Å². The van der Waals surface area contributed by atoms with Crippen LogP contribution in [-0.4, -0.2) is 45.0 Å². The molecule has 0 saturated carbocycles. The molecule has 5 aromatic rings. The van der Waals surface area contributed by atoms with Crippen molar-refractivity contribution in [2.24, 2.45) is 7.05 Å². The van der Waals surface area contributed by atoms with Crippen molar-refractivity contribution in [1.29, 1.82) is 0 Å². The average Bonchev–Trinajstić information content (AvgIpc) is 3.53. The summed E-state index contributed by atoms with van der Waals surface area (Å²) >= 11 is 0. The molecule has 6 rings (SSSR count). The second kappa shape index (κ2) is 10.3. The van der Waals surface area contributed by atoms with Crippen LogP contribution in [0, 0.1) is 5.82 Å². The van der Waals surface area contributed by atoms with E-state index in [0.29, 0.717) is 28.1 Å². The van der Waals surface area contributed by atoms with Crippen LogP contribution in [0.1, 0.15) is 12.8 Å². The molecular formula is C31H29FN6O. The maximum Gasteiger partial charge on any atom is 0.248 e. The number of benzene rings is 3. The Labute approximate surface area is 226 Å². The summed E-state index contributed by atoms with van der Waals surface area (Å²) in [5, 5.41) is 8.04. The summed E-state index contributed by atoms with van der Waals surface area (Å²) in [5.74, 6) is -0.148. The van der Waals surface area contributed by atoms with E-state index < -0.39 is 0 Å². The molecule has 8 heteroatoms. The number of aryl methyl sites for hydroxylation is 1. The number of nitrogens with one attached hydrogen (secondary N) is 2. The molecular weight excluding hydrogens is 491 g/mol. The van der Waals surface area contributed by atoms with Crippen LogP contribution in [0.4, 0.5) is 21.6 Å². The number of anilines is 3. The average molecular weight is 521 g/mol. The fourth-order valence-corrected chi connectivity index (χ4v) is 5.31. The van der Waals surface area contributed by atoms with Crippen molar-refractivity contribution in [1.82, 2.24) is 19.4 Å². The zero-order valence-electron chi connectivity index (χ0n) is 21.9. The van der Waals surface area contributed by atoms with Crippen LogP contribution in [0.2, 0.25) is 0 Å². The molecule has 0 bridgehead atoms. The fraction of sp³-hybridized carbons (Fsp3) is 0.194. The highest BCUT2D eigenvalue weighted by Gasteiger charge is 2.20. The van der Waals surface area contributed by atoms with Crippen molar-refractivity contribution in [3.05, 3.63) is 91.2 Å². The second-order valence-corrected chi connectivity index (χ2v) is 9.95. The van der Waals surface area contributed by atoms with E-state index in [9.17, 15) is 9.18 Å². The highest BCUT2D eigenvalue weighted by atomic mass is 19.1. The van der Waals surface area contributed by atoms with Gasteiger partial charge in [0.1, 0.15) is 18.0 Å². The molecule has 2 N–H and O–H groups in total. The number of amides is 1. The van der Waals surface area contributed by atoms with Gasteiger partial charge < -0.3 is 15.2 Å². The van der Waals surface area contributed by atoms with Crippen LogP contribution < -0.4 is 10.6 Å². The molecule has 39 heavy (non-hydrogen) atoms. The van der Waals surface area contributed by atoms with Crippen molar-refractivity contribution in [3.63, 3.8) is 0 Å². The summed E-state index contributed by atoms with van der Waals surface area (Å²) < 4.78 is 16.7. The zero-order chi connectivity index (χ0) is 26.9. The first-order valence-corrected chi connectivity index (χ1v) is 13.0. The Bertz CT molecular complexity index is 1730. The Kier molecular flexibility index (Phi) is 6.54. The summed E-state index contributed by atoms with van der Waals surface area (Å²) in [4.78, 5) is 24.4. The lowest BCUT2D eigenvalue weighted by Gasteiger charge is -2.17. The van der Waals surface area contributed by atoms with Crippen LogP contribution >= 0.6 is 0 Å². The number of likely N-dealkylation sites (tertiary alicyclic amines) is 1. The Hall–Kier alpha value is -4.56. The van der Waals surface area contributed by atoms with Gasteiger partial charge in [-0.1, -0.05) is 30.3 Å². The largest absolute Gasteiger partial charge is 0.351 e. The molecule has 0 spiro atoms. The number of hydrogen-bond acceptors (Lipinski definition) is 5. The molecule has 1 fully saturated rings. The molecule has 3 aromatic carbocycles. The molecule has 1 saturated heterocycles. The molecule has 196 valence electrons. The van der Waals surface area contributed by atoms with Gasteiger partial charge in [0.25, 0.3) is 0 Å². The highest BCUT2D eigenvalue weighted by Crippen LogP contribution is 2.40. The van der Waals surface area contributed by atoms with Crippen LogP contribution in [0.5, 0.6) is 0 Å². The summed E-state index contributed by atoms with van der Waals surface area (Å²) in [5.41, 5.74) is 4.29. The number of likely N-dealkylation sites (N-methyl/N-ethyl adjacent to an activating group) is 1. The summed E-state index contributed by atoms with van der Waals surface area (Å²) in [6.45, 7) is 1.03. The lowest BCUT2D eigenvalue weighted by Crippen LogP contribution is -2.23. The van der Waals surface area contributed by atoms with Crippen molar-refractivity contribution in [2.75, 3.05) is 24.2 Å². The van der Waals surface area contributed by atoms with Gasteiger partial charge in [-0.2, -0.15) is 0 Å². The number of carbonyl (C=O) groups is 1. The normalized spacial score (nSPS) is 15.9. The Morgan fingerprint density at radius 2 is 1.92 bits per heavy atom. The lowest BCUT2D eigenvalue weighted by molar-refractivity contribution is -0.111. The van der Waals surface area contributed by atoms with Gasteiger partial charge in [0.15, 0.2) is 0 Å². The summed E-state index contributed by atoms with van der Waals surface area (Å²) in [6.07, 6.45) is 9.21. The number of fused-ring (bicyclic) bond motifs is 2. The molecule has 1 aliphatic rings. The van der Waals surface area contributed by atoms with Gasteiger partial charge in [0.05, 0.1) is 16.6 Å². The Balaban J connectivity index is 1.49. The third-order valence-electron chi connectivity index (χ3n) is 7.41. The number of para-hydroxylation sites is 1. The van der Waals surface area contributed by atoms with Gasteiger partial charge in [-0.3, -0.25) is 9.69 Å². The van der Waals surface area contributed by atoms with Crippen molar-refractivity contribution < 1.29 is 9.18 Å². The van der Waals surface area contributed by atoms with E-state index in [1.165, 1.54) is 12.4 Å². The van der Waals surface area contributed by atoms with E-state index in [4.69, 9.17) is 0 Å². The highest BCUT2D eigenvalue weighted by molar-refractivity contribution is 6.12. The standard InChI is InChI=1S/C31H29FN6O/c1-37-16-5-6-22(37)11-14-28(39)35-26-13-12-25-30(29(26)21-10-9-20-15-17-38(2)27(20)18-21)31(34-19-33-25)36-24-8-4-3-7-23(24)32/h3-4,7-15,17-19,22H,5-6,16H2,1-2H3,(H,35,39)(H,33,34,36)/b14-11+. The van der Waals surface area contributed by atoms with Gasteiger partial charge >= 0.3 is 0 Å². The van der Waals surface area contributed by atoms with E-state index in [0.717, 1.165) is 41.4 Å². The molecule has 1 amide bonds. The summed E-state index contributed by atoms with van der Waals surface area (Å²) in [6, 6.07) is 18.7. The van der Waals surface area contributed by atoms with E-state index in [2.05, 4.69) is 55.3 Å². The molecule has 1 unspecified atom stereocenters. The molecule has 1 atom stereocenters. The summed E-state index contributed by atoms with van der Waals surface area (Å²) in [7, 11) is 4.07. The quantitative estimate of drug-likeness (QED) is 0.259. The van der Waals surface area contributed by atoms with Crippen LogP contribution in [0.3, 0.4) is 0 Å². The van der Waals surface area contributed by atoms with Crippen molar-refractivity contribution in [2.45, 2.75) is 18.9 Å². The second-order valence-electron chi connectivity index (χ2n) is 9.95. The number of carbonyl (C=O) groups excluding carboxylic acids is 1. The molecule has 2 aromatic heterocycles. The maximum absolute atomic E-state index is 14.6. The first-order valence-electron chi connectivity index (χ1n) is 13.0. The Morgan fingerprint density at radius 3 is 2.74 bits per heavy atom.